The van der Waals surface area contributed by atoms with E-state index in [2.05, 4.69) is 4.98 Å². The smallest absolute Gasteiger partial charge is 0.256 e. The highest BCUT2D eigenvalue weighted by atomic mass is 16.5. The summed E-state index contributed by atoms with van der Waals surface area (Å²) in [6, 6.07) is 13.2. The molecule has 0 bridgehead atoms. The van der Waals surface area contributed by atoms with Gasteiger partial charge in [-0.1, -0.05) is 24.3 Å². The van der Waals surface area contributed by atoms with Gasteiger partial charge in [0.1, 0.15) is 5.75 Å². The van der Waals surface area contributed by atoms with Crippen LogP contribution in [0, 0.1) is 0 Å². The van der Waals surface area contributed by atoms with Crippen molar-refractivity contribution in [2.75, 3.05) is 13.2 Å². The third kappa shape index (κ3) is 2.14. The van der Waals surface area contributed by atoms with E-state index >= 15 is 0 Å². The number of pyridine rings is 1. The number of benzene rings is 2. The summed E-state index contributed by atoms with van der Waals surface area (Å²) in [7, 11) is 0. The Kier molecular flexibility index (Phi) is 3.39. The molecule has 102 valence electrons. The van der Waals surface area contributed by atoms with Crippen LogP contribution in [0.3, 0.4) is 0 Å². The topological polar surface area (TPSA) is 68.1 Å². The Hall–Kier alpha value is -2.33. The van der Waals surface area contributed by atoms with Gasteiger partial charge in [-0.15, -0.1) is 0 Å². The molecule has 0 aliphatic carbocycles. The van der Waals surface area contributed by atoms with E-state index in [1.165, 1.54) is 0 Å². The van der Waals surface area contributed by atoms with Crippen LogP contribution < -0.4 is 16.0 Å². The number of hydrogen-bond acceptors (Lipinski definition) is 3. The van der Waals surface area contributed by atoms with E-state index in [0.717, 1.165) is 28.5 Å². The van der Waals surface area contributed by atoms with E-state index in [1.54, 1.807) is 0 Å². The molecule has 0 amide bonds. The first kappa shape index (κ1) is 12.7. The van der Waals surface area contributed by atoms with Gasteiger partial charge in [0.05, 0.1) is 12.1 Å². The minimum Gasteiger partial charge on any atom is -0.493 e. The maximum atomic E-state index is 12.1. The van der Waals surface area contributed by atoms with Crippen LogP contribution in [0.4, 0.5) is 0 Å². The number of nitrogens with two attached hydrogens (primary N) is 1. The molecule has 3 rings (SSSR count). The monoisotopic (exact) mass is 268 g/mol. The highest BCUT2D eigenvalue weighted by molar-refractivity contribution is 6.08. The Labute approximate surface area is 116 Å². The summed E-state index contributed by atoms with van der Waals surface area (Å²) in [4.78, 5) is 15.0. The number of hydrogen-bond donors (Lipinski definition) is 2. The van der Waals surface area contributed by atoms with E-state index in [4.69, 9.17) is 10.5 Å². The van der Waals surface area contributed by atoms with Crippen molar-refractivity contribution in [3.8, 4) is 5.75 Å². The number of rotatable bonds is 4. The molecule has 1 heterocycles. The lowest BCUT2D eigenvalue weighted by Gasteiger charge is -2.11. The highest BCUT2D eigenvalue weighted by Crippen LogP contribution is 2.30. The van der Waals surface area contributed by atoms with Gasteiger partial charge in [0, 0.05) is 16.2 Å². The summed E-state index contributed by atoms with van der Waals surface area (Å²) < 4.78 is 5.81. The maximum Gasteiger partial charge on any atom is 0.256 e. The Morgan fingerprint density at radius 1 is 1.05 bits per heavy atom. The van der Waals surface area contributed by atoms with Crippen molar-refractivity contribution in [1.82, 2.24) is 4.98 Å². The van der Waals surface area contributed by atoms with Crippen LogP contribution in [0.1, 0.15) is 6.42 Å². The summed E-state index contributed by atoms with van der Waals surface area (Å²) >= 11 is 0. The van der Waals surface area contributed by atoms with Gasteiger partial charge in [-0.3, -0.25) is 4.79 Å². The summed E-state index contributed by atoms with van der Waals surface area (Å²) in [5, 5.41) is 2.53. The van der Waals surface area contributed by atoms with Crippen molar-refractivity contribution < 1.29 is 4.74 Å². The lowest BCUT2D eigenvalue weighted by molar-refractivity contribution is 0.317. The number of nitrogens with one attached hydrogen (secondary N) is 1. The third-order valence-corrected chi connectivity index (χ3v) is 3.32. The fourth-order valence-corrected chi connectivity index (χ4v) is 2.39. The van der Waals surface area contributed by atoms with Crippen LogP contribution in [0.5, 0.6) is 5.75 Å². The molecule has 3 aromatic rings. The Bertz CT molecular complexity index is 808. The zero-order valence-corrected chi connectivity index (χ0v) is 11.1. The van der Waals surface area contributed by atoms with Gasteiger partial charge in [0.25, 0.3) is 5.56 Å². The Balaban J connectivity index is 2.26. The van der Waals surface area contributed by atoms with Crippen LogP contribution in [0.2, 0.25) is 0 Å². The van der Waals surface area contributed by atoms with Crippen LogP contribution in [0.15, 0.2) is 47.3 Å². The van der Waals surface area contributed by atoms with E-state index in [-0.39, 0.29) is 5.56 Å². The molecule has 4 nitrogen and oxygen atoms in total. The van der Waals surface area contributed by atoms with Gasteiger partial charge >= 0.3 is 0 Å². The molecule has 0 spiro atoms. The second-order valence-electron chi connectivity index (χ2n) is 4.67. The van der Waals surface area contributed by atoms with Crippen molar-refractivity contribution in [2.24, 2.45) is 5.73 Å². The maximum absolute atomic E-state index is 12.1. The molecule has 4 heteroatoms. The zero-order chi connectivity index (χ0) is 13.9. The molecule has 0 atom stereocenters. The Morgan fingerprint density at radius 2 is 1.85 bits per heavy atom. The number of fused-ring (bicyclic) bond motifs is 3. The number of H-pyrrole nitrogens is 1. The SMILES string of the molecule is NCCCOc1cccc2[nH]c(=O)c3ccccc3c12. The minimum absolute atomic E-state index is 0.0767. The summed E-state index contributed by atoms with van der Waals surface area (Å²) in [5.74, 6) is 0.781. The molecule has 0 aliphatic rings. The second-order valence-corrected chi connectivity index (χ2v) is 4.67. The number of aromatic nitrogens is 1. The van der Waals surface area contributed by atoms with E-state index < -0.39 is 0 Å². The average molecular weight is 268 g/mol. The molecular weight excluding hydrogens is 252 g/mol. The normalized spacial score (nSPS) is 11.1. The minimum atomic E-state index is -0.0767. The molecule has 0 unspecified atom stereocenters. The molecule has 0 saturated heterocycles. The number of ether oxygens (including phenoxy) is 1. The van der Waals surface area contributed by atoms with Gasteiger partial charge in [0.15, 0.2) is 0 Å². The van der Waals surface area contributed by atoms with E-state index in [0.29, 0.717) is 18.5 Å². The largest absolute Gasteiger partial charge is 0.493 e. The van der Waals surface area contributed by atoms with Crippen molar-refractivity contribution in [3.63, 3.8) is 0 Å². The van der Waals surface area contributed by atoms with Crippen LogP contribution >= 0.6 is 0 Å². The second kappa shape index (κ2) is 5.35. The molecule has 0 aliphatic heterocycles. The molecule has 2 aromatic carbocycles. The van der Waals surface area contributed by atoms with Gasteiger partial charge < -0.3 is 15.5 Å². The fourth-order valence-electron chi connectivity index (χ4n) is 2.39. The van der Waals surface area contributed by atoms with E-state index in [9.17, 15) is 4.79 Å². The van der Waals surface area contributed by atoms with Crippen molar-refractivity contribution in [3.05, 3.63) is 52.8 Å². The molecule has 3 N–H and O–H groups in total. The quantitative estimate of drug-likeness (QED) is 0.564. The summed E-state index contributed by atoms with van der Waals surface area (Å²) in [5.41, 5.74) is 6.20. The lowest BCUT2D eigenvalue weighted by atomic mass is 10.1. The van der Waals surface area contributed by atoms with Crippen LogP contribution in [-0.4, -0.2) is 18.1 Å². The highest BCUT2D eigenvalue weighted by Gasteiger charge is 2.09. The summed E-state index contributed by atoms with van der Waals surface area (Å²) in [6.45, 7) is 1.17. The zero-order valence-electron chi connectivity index (χ0n) is 11.1. The van der Waals surface area contributed by atoms with Crippen molar-refractivity contribution in [2.45, 2.75) is 6.42 Å². The van der Waals surface area contributed by atoms with Gasteiger partial charge in [-0.05, 0) is 31.2 Å². The van der Waals surface area contributed by atoms with Crippen molar-refractivity contribution in [1.29, 1.82) is 0 Å². The first-order valence-electron chi connectivity index (χ1n) is 6.68. The average Bonchev–Trinajstić information content (AvgIpc) is 2.48. The third-order valence-electron chi connectivity index (χ3n) is 3.32. The molecule has 20 heavy (non-hydrogen) atoms. The summed E-state index contributed by atoms with van der Waals surface area (Å²) in [6.07, 6.45) is 0.803. The first-order valence-corrected chi connectivity index (χ1v) is 6.68. The van der Waals surface area contributed by atoms with Crippen LogP contribution in [0.25, 0.3) is 21.7 Å². The Morgan fingerprint density at radius 3 is 2.65 bits per heavy atom. The standard InChI is InChI=1S/C16H16N2O2/c17-9-4-10-20-14-8-3-7-13-15(14)11-5-1-2-6-12(11)16(19)18-13/h1-3,5-8H,4,9-10,17H2,(H,18,19). The molecule has 0 fully saturated rings. The molecule has 1 aromatic heterocycles. The molecule has 0 radical (unpaired) electrons. The fraction of sp³-hybridized carbons (Fsp3) is 0.188. The van der Waals surface area contributed by atoms with Gasteiger partial charge in [-0.2, -0.15) is 0 Å². The van der Waals surface area contributed by atoms with Gasteiger partial charge in [0.2, 0.25) is 0 Å². The number of aromatic amines is 1. The van der Waals surface area contributed by atoms with Crippen molar-refractivity contribution >= 4 is 21.7 Å². The van der Waals surface area contributed by atoms with Gasteiger partial charge in [-0.25, -0.2) is 0 Å². The first-order chi connectivity index (χ1) is 9.81. The van der Waals surface area contributed by atoms with Crippen LogP contribution in [-0.2, 0) is 0 Å². The lowest BCUT2D eigenvalue weighted by Crippen LogP contribution is -2.08. The molecule has 0 saturated carbocycles. The molecular formula is C16H16N2O2. The predicted octanol–water partition coefficient (Wildman–Crippen LogP) is 2.41. The predicted molar refractivity (Wildman–Crippen MR) is 81.2 cm³/mol. The van der Waals surface area contributed by atoms with E-state index in [1.807, 2.05) is 42.5 Å².